The lowest BCUT2D eigenvalue weighted by Crippen LogP contribution is -2.39. The SMILES string of the molecule is COc1ccc(CC(O)(CO)CO)cc1OC. The van der Waals surface area contributed by atoms with Crippen LogP contribution in [0.5, 0.6) is 11.5 Å². The molecule has 1 rings (SSSR count). The fourth-order valence-corrected chi connectivity index (χ4v) is 1.53. The van der Waals surface area contributed by atoms with Crippen molar-refractivity contribution in [2.45, 2.75) is 12.0 Å². The molecule has 0 aliphatic rings. The summed E-state index contributed by atoms with van der Waals surface area (Å²) >= 11 is 0. The molecule has 0 unspecified atom stereocenters. The van der Waals surface area contributed by atoms with Gasteiger partial charge in [-0.2, -0.15) is 0 Å². The minimum Gasteiger partial charge on any atom is -0.493 e. The van der Waals surface area contributed by atoms with Gasteiger partial charge in [0.15, 0.2) is 11.5 Å². The van der Waals surface area contributed by atoms with Crippen molar-refractivity contribution >= 4 is 0 Å². The second-order valence-electron chi connectivity index (χ2n) is 3.91. The summed E-state index contributed by atoms with van der Waals surface area (Å²) in [5, 5.41) is 27.8. The summed E-state index contributed by atoms with van der Waals surface area (Å²) in [5.74, 6) is 1.14. The van der Waals surface area contributed by atoms with Crippen LogP contribution in [0.3, 0.4) is 0 Å². The Bertz CT molecular complexity index is 360. The van der Waals surface area contributed by atoms with E-state index in [1.807, 2.05) is 0 Å². The first kappa shape index (κ1) is 13.8. The van der Waals surface area contributed by atoms with Gasteiger partial charge in [0.25, 0.3) is 0 Å². The lowest BCUT2D eigenvalue weighted by atomic mass is 9.96. The fourth-order valence-electron chi connectivity index (χ4n) is 1.53. The Morgan fingerprint density at radius 3 is 2.12 bits per heavy atom. The average Bonchev–Trinajstić information content (AvgIpc) is 2.38. The molecule has 1 aromatic rings. The molecule has 0 radical (unpaired) electrons. The summed E-state index contributed by atoms with van der Waals surface area (Å²) in [4.78, 5) is 0. The lowest BCUT2D eigenvalue weighted by molar-refractivity contribution is -0.0540. The predicted molar refractivity (Wildman–Crippen MR) is 62.4 cm³/mol. The van der Waals surface area contributed by atoms with E-state index in [0.717, 1.165) is 5.56 Å². The summed E-state index contributed by atoms with van der Waals surface area (Å²) in [6, 6.07) is 5.16. The van der Waals surface area contributed by atoms with E-state index < -0.39 is 18.8 Å². The van der Waals surface area contributed by atoms with Gasteiger partial charge in [-0.3, -0.25) is 0 Å². The van der Waals surface area contributed by atoms with Crippen LogP contribution in [-0.2, 0) is 6.42 Å². The maximum atomic E-state index is 9.80. The van der Waals surface area contributed by atoms with Gasteiger partial charge in [-0.05, 0) is 17.7 Å². The number of methoxy groups -OCH3 is 2. The number of aliphatic hydroxyl groups is 3. The second kappa shape index (κ2) is 5.86. The zero-order valence-electron chi connectivity index (χ0n) is 10.0. The quantitative estimate of drug-likeness (QED) is 0.652. The number of aliphatic hydroxyl groups excluding tert-OH is 2. The summed E-state index contributed by atoms with van der Waals surface area (Å²) in [7, 11) is 3.06. The van der Waals surface area contributed by atoms with Gasteiger partial charge in [0.1, 0.15) is 5.60 Å². The Morgan fingerprint density at radius 2 is 1.65 bits per heavy atom. The van der Waals surface area contributed by atoms with Crippen LogP contribution in [0.1, 0.15) is 5.56 Å². The first-order chi connectivity index (χ1) is 8.08. The molecule has 17 heavy (non-hydrogen) atoms. The molecule has 0 aliphatic carbocycles. The van der Waals surface area contributed by atoms with Gasteiger partial charge >= 0.3 is 0 Å². The molecule has 0 aliphatic heterocycles. The molecule has 1 aromatic carbocycles. The smallest absolute Gasteiger partial charge is 0.160 e. The average molecular weight is 242 g/mol. The van der Waals surface area contributed by atoms with Gasteiger partial charge in [0, 0.05) is 6.42 Å². The summed E-state index contributed by atoms with van der Waals surface area (Å²) < 4.78 is 10.2. The van der Waals surface area contributed by atoms with Crippen LogP contribution in [0.15, 0.2) is 18.2 Å². The number of rotatable bonds is 6. The van der Waals surface area contributed by atoms with Crippen molar-refractivity contribution < 1.29 is 24.8 Å². The van der Waals surface area contributed by atoms with Crippen molar-refractivity contribution in [3.8, 4) is 11.5 Å². The van der Waals surface area contributed by atoms with Crippen LogP contribution in [0.25, 0.3) is 0 Å². The van der Waals surface area contributed by atoms with E-state index in [2.05, 4.69) is 0 Å². The molecule has 5 nitrogen and oxygen atoms in total. The number of benzene rings is 1. The van der Waals surface area contributed by atoms with E-state index in [-0.39, 0.29) is 6.42 Å². The molecule has 0 fully saturated rings. The molecule has 0 bridgehead atoms. The van der Waals surface area contributed by atoms with Crippen LogP contribution < -0.4 is 9.47 Å². The van der Waals surface area contributed by atoms with E-state index in [1.165, 1.54) is 14.2 Å². The van der Waals surface area contributed by atoms with Crippen LogP contribution in [0.4, 0.5) is 0 Å². The summed E-state index contributed by atoms with van der Waals surface area (Å²) in [6.07, 6.45) is 0.139. The van der Waals surface area contributed by atoms with Crippen LogP contribution >= 0.6 is 0 Å². The minimum atomic E-state index is -1.51. The molecule has 5 heteroatoms. The van der Waals surface area contributed by atoms with Gasteiger partial charge in [-0.1, -0.05) is 6.07 Å². The van der Waals surface area contributed by atoms with E-state index in [9.17, 15) is 5.11 Å². The summed E-state index contributed by atoms with van der Waals surface area (Å²) in [6.45, 7) is -1.00. The highest BCUT2D eigenvalue weighted by molar-refractivity contribution is 5.43. The molecule has 3 N–H and O–H groups in total. The Morgan fingerprint density at radius 1 is 1.06 bits per heavy atom. The maximum Gasteiger partial charge on any atom is 0.160 e. The van der Waals surface area contributed by atoms with Crippen LogP contribution in [-0.4, -0.2) is 48.4 Å². The van der Waals surface area contributed by atoms with Gasteiger partial charge in [0.2, 0.25) is 0 Å². The van der Waals surface area contributed by atoms with Crippen LogP contribution in [0.2, 0.25) is 0 Å². The lowest BCUT2D eigenvalue weighted by Gasteiger charge is -2.23. The monoisotopic (exact) mass is 242 g/mol. The van der Waals surface area contributed by atoms with E-state index in [4.69, 9.17) is 19.7 Å². The molecule has 96 valence electrons. The maximum absolute atomic E-state index is 9.80. The van der Waals surface area contributed by atoms with Crippen molar-refractivity contribution in [2.75, 3.05) is 27.4 Å². The zero-order valence-corrected chi connectivity index (χ0v) is 10.0. The molecule has 0 aromatic heterocycles. The molecule has 0 amide bonds. The van der Waals surface area contributed by atoms with E-state index in [1.54, 1.807) is 18.2 Å². The van der Waals surface area contributed by atoms with Crippen molar-refractivity contribution in [1.29, 1.82) is 0 Å². The van der Waals surface area contributed by atoms with E-state index in [0.29, 0.717) is 11.5 Å². The van der Waals surface area contributed by atoms with Gasteiger partial charge in [-0.25, -0.2) is 0 Å². The highest BCUT2D eigenvalue weighted by Gasteiger charge is 2.25. The first-order valence-corrected chi connectivity index (χ1v) is 5.23. The fraction of sp³-hybridized carbons (Fsp3) is 0.500. The highest BCUT2D eigenvalue weighted by Crippen LogP contribution is 2.28. The van der Waals surface area contributed by atoms with Crippen molar-refractivity contribution in [2.24, 2.45) is 0 Å². The third kappa shape index (κ3) is 3.33. The minimum absolute atomic E-state index is 0.139. The Labute approximate surface area is 100 Å². The third-order valence-electron chi connectivity index (χ3n) is 2.57. The molecule has 0 saturated carbocycles. The molecular formula is C12H18O5. The number of hydrogen-bond acceptors (Lipinski definition) is 5. The first-order valence-electron chi connectivity index (χ1n) is 5.23. The van der Waals surface area contributed by atoms with E-state index >= 15 is 0 Å². The summed E-state index contributed by atoms with van der Waals surface area (Å²) in [5.41, 5.74) is -0.771. The van der Waals surface area contributed by atoms with Gasteiger partial charge in [-0.15, -0.1) is 0 Å². The predicted octanol–water partition coefficient (Wildman–Crippen LogP) is -0.0380. The van der Waals surface area contributed by atoms with Gasteiger partial charge in [0.05, 0.1) is 27.4 Å². The molecular weight excluding hydrogens is 224 g/mol. The standard InChI is InChI=1S/C12H18O5/c1-16-10-4-3-9(5-11(10)17-2)6-12(15,7-13)8-14/h3-5,13-15H,6-8H2,1-2H3. The molecule has 0 atom stereocenters. The normalized spacial score (nSPS) is 11.4. The Kier molecular flexibility index (Phi) is 4.74. The van der Waals surface area contributed by atoms with Crippen LogP contribution in [0, 0.1) is 0 Å². The largest absolute Gasteiger partial charge is 0.493 e. The Hall–Kier alpha value is -1.30. The second-order valence-corrected chi connectivity index (χ2v) is 3.91. The Balaban J connectivity index is 2.93. The van der Waals surface area contributed by atoms with Crippen molar-refractivity contribution in [3.05, 3.63) is 23.8 Å². The molecule has 0 heterocycles. The van der Waals surface area contributed by atoms with Crippen molar-refractivity contribution in [3.63, 3.8) is 0 Å². The topological polar surface area (TPSA) is 79.2 Å². The third-order valence-corrected chi connectivity index (χ3v) is 2.57. The zero-order chi connectivity index (χ0) is 12.9. The molecule has 0 saturated heterocycles. The van der Waals surface area contributed by atoms with Crippen molar-refractivity contribution in [1.82, 2.24) is 0 Å². The molecule has 0 spiro atoms. The highest BCUT2D eigenvalue weighted by atomic mass is 16.5. The number of ether oxygens (including phenoxy) is 2. The van der Waals surface area contributed by atoms with Gasteiger partial charge < -0.3 is 24.8 Å². The number of hydrogen-bond donors (Lipinski definition) is 3.